The van der Waals surface area contributed by atoms with Gasteiger partial charge in [-0.15, -0.1) is 13.2 Å². The second-order valence-corrected chi connectivity index (χ2v) is 7.81. The van der Waals surface area contributed by atoms with Gasteiger partial charge in [0.05, 0.1) is 38.0 Å². The van der Waals surface area contributed by atoms with Crippen LogP contribution in [0.5, 0.6) is 11.5 Å². The third-order valence-electron chi connectivity index (χ3n) is 5.43. The molecule has 0 spiro atoms. The van der Waals surface area contributed by atoms with Gasteiger partial charge in [-0.25, -0.2) is 19.0 Å². The number of ether oxygens (including phenoxy) is 3. The number of methoxy groups -OCH3 is 1. The maximum Gasteiger partial charge on any atom is 0.573 e. The summed E-state index contributed by atoms with van der Waals surface area (Å²) in [5.41, 5.74) is 2.13. The highest BCUT2D eigenvalue weighted by atomic mass is 19.4. The number of aryl methyl sites for hydroxylation is 1. The van der Waals surface area contributed by atoms with Gasteiger partial charge in [0.2, 0.25) is 0 Å². The van der Waals surface area contributed by atoms with E-state index in [9.17, 15) is 17.6 Å². The van der Waals surface area contributed by atoms with Gasteiger partial charge in [-0.2, -0.15) is 5.10 Å². The quantitative estimate of drug-likeness (QED) is 0.382. The van der Waals surface area contributed by atoms with Crippen LogP contribution in [0, 0.1) is 12.7 Å². The van der Waals surface area contributed by atoms with E-state index in [2.05, 4.69) is 19.8 Å². The molecule has 1 aliphatic rings. The van der Waals surface area contributed by atoms with Crippen LogP contribution < -0.4 is 9.47 Å². The van der Waals surface area contributed by atoms with E-state index in [0.717, 1.165) is 29.6 Å². The zero-order valence-electron chi connectivity index (χ0n) is 18.6. The van der Waals surface area contributed by atoms with E-state index in [1.807, 2.05) is 29.8 Å². The van der Waals surface area contributed by atoms with E-state index >= 15 is 0 Å². The molecule has 0 aliphatic carbocycles. The van der Waals surface area contributed by atoms with Gasteiger partial charge in [-0.3, -0.25) is 0 Å². The Labute approximate surface area is 196 Å². The zero-order chi connectivity index (χ0) is 24.7. The van der Waals surface area contributed by atoms with Crippen LogP contribution in [0.4, 0.5) is 17.6 Å². The Morgan fingerprint density at radius 3 is 2.69 bits per heavy atom. The highest BCUT2D eigenvalue weighted by molar-refractivity contribution is 5.63. The molecule has 182 valence electrons. The van der Waals surface area contributed by atoms with Crippen molar-refractivity contribution in [2.45, 2.75) is 25.9 Å². The minimum absolute atomic E-state index is 0.130. The summed E-state index contributed by atoms with van der Waals surface area (Å²) in [6.07, 6.45) is -2.43. The van der Waals surface area contributed by atoms with Gasteiger partial charge in [0.15, 0.2) is 11.6 Å². The van der Waals surface area contributed by atoms with E-state index in [1.165, 1.54) is 0 Å². The largest absolute Gasteiger partial charge is 0.573 e. The monoisotopic (exact) mass is 489 g/mol. The molecule has 12 heteroatoms. The maximum atomic E-state index is 14.6. The number of halogens is 4. The molecule has 1 aliphatic heterocycles. The second-order valence-electron chi connectivity index (χ2n) is 7.81. The first-order valence-electron chi connectivity index (χ1n) is 10.5. The van der Waals surface area contributed by atoms with Crippen LogP contribution in [0.2, 0.25) is 0 Å². The van der Waals surface area contributed by atoms with Crippen molar-refractivity contribution in [3.8, 4) is 28.6 Å². The van der Waals surface area contributed by atoms with Crippen molar-refractivity contribution >= 4 is 0 Å². The van der Waals surface area contributed by atoms with E-state index in [-0.39, 0.29) is 18.0 Å². The average Bonchev–Trinajstić information content (AvgIpc) is 3.45. The lowest BCUT2D eigenvalue weighted by molar-refractivity contribution is -0.274. The molecule has 0 saturated heterocycles. The number of alkyl halides is 3. The number of fused-ring (bicyclic) bond motifs is 1. The predicted octanol–water partition coefficient (Wildman–Crippen LogP) is 4.61. The highest BCUT2D eigenvalue weighted by Gasteiger charge is 2.33. The molecule has 0 fully saturated rings. The topological polar surface area (TPSA) is 76.2 Å². The lowest BCUT2D eigenvalue weighted by atomic mass is 10.1. The SMILES string of the molecule is COc1cc(-c2nc3n(n2)CCO[C@@H]3c2cc(OC(F)(F)F)ccc2F)ccc1-n1cnc(C)c1. The molecular weight excluding hydrogens is 470 g/mol. The maximum absolute atomic E-state index is 14.6. The second kappa shape index (κ2) is 8.69. The predicted molar refractivity (Wildman–Crippen MR) is 115 cm³/mol. The summed E-state index contributed by atoms with van der Waals surface area (Å²) < 4.78 is 71.1. The summed E-state index contributed by atoms with van der Waals surface area (Å²) in [4.78, 5) is 8.76. The van der Waals surface area contributed by atoms with Crippen molar-refractivity contribution in [1.29, 1.82) is 0 Å². The summed E-state index contributed by atoms with van der Waals surface area (Å²) in [6, 6.07) is 8.17. The van der Waals surface area contributed by atoms with Crippen LogP contribution in [0.1, 0.15) is 23.2 Å². The minimum Gasteiger partial charge on any atom is -0.495 e. The normalized spacial score (nSPS) is 15.7. The van der Waals surface area contributed by atoms with Crippen LogP contribution in [-0.2, 0) is 11.3 Å². The Bertz CT molecular complexity index is 1380. The highest BCUT2D eigenvalue weighted by Crippen LogP contribution is 2.35. The van der Waals surface area contributed by atoms with Crippen LogP contribution >= 0.6 is 0 Å². The van der Waals surface area contributed by atoms with Crippen molar-refractivity contribution in [1.82, 2.24) is 24.3 Å². The molecule has 0 bridgehead atoms. The summed E-state index contributed by atoms with van der Waals surface area (Å²) in [7, 11) is 1.54. The summed E-state index contributed by atoms with van der Waals surface area (Å²) >= 11 is 0. The molecular formula is C23H19F4N5O3. The van der Waals surface area contributed by atoms with Gasteiger partial charge in [0, 0.05) is 17.3 Å². The number of nitrogens with zero attached hydrogens (tertiary/aromatic N) is 5. The summed E-state index contributed by atoms with van der Waals surface area (Å²) in [5, 5.41) is 4.51. The molecule has 3 heterocycles. The average molecular weight is 489 g/mol. The van der Waals surface area contributed by atoms with Crippen molar-refractivity contribution in [2.24, 2.45) is 0 Å². The number of hydrogen-bond donors (Lipinski definition) is 0. The van der Waals surface area contributed by atoms with Gasteiger partial charge < -0.3 is 18.8 Å². The van der Waals surface area contributed by atoms with Gasteiger partial charge in [-0.1, -0.05) is 0 Å². The molecule has 0 radical (unpaired) electrons. The first kappa shape index (κ1) is 22.8. The standard InChI is InChI=1S/C23H19F4N5O3/c1-13-11-31(12-28-13)18-6-3-14(9-19(18)33-2)21-29-22-20(34-8-7-32(22)30-21)16-10-15(4-5-17(16)24)35-23(25,26)27/h3-6,9-12,20H,7-8H2,1-2H3/t20-/m1/s1. The van der Waals surface area contributed by atoms with Gasteiger partial charge in [-0.05, 0) is 43.3 Å². The Morgan fingerprint density at radius 1 is 1.14 bits per heavy atom. The van der Waals surface area contributed by atoms with E-state index in [4.69, 9.17) is 9.47 Å². The lowest BCUT2D eigenvalue weighted by Crippen LogP contribution is -2.24. The van der Waals surface area contributed by atoms with E-state index in [0.29, 0.717) is 23.7 Å². The fourth-order valence-corrected chi connectivity index (χ4v) is 3.90. The van der Waals surface area contributed by atoms with Gasteiger partial charge >= 0.3 is 6.36 Å². The molecule has 0 saturated carbocycles. The fraction of sp³-hybridized carbons (Fsp3) is 0.261. The molecule has 1 atom stereocenters. The number of imidazole rings is 1. The van der Waals surface area contributed by atoms with Crippen molar-refractivity contribution in [3.05, 3.63) is 71.8 Å². The first-order chi connectivity index (χ1) is 16.7. The third kappa shape index (κ3) is 4.56. The van der Waals surface area contributed by atoms with Gasteiger partial charge in [0.25, 0.3) is 0 Å². The molecule has 8 nitrogen and oxygen atoms in total. The number of rotatable bonds is 5. The molecule has 35 heavy (non-hydrogen) atoms. The molecule has 4 aromatic rings. The van der Waals surface area contributed by atoms with E-state index in [1.54, 1.807) is 24.2 Å². The van der Waals surface area contributed by atoms with Gasteiger partial charge in [0.1, 0.15) is 23.4 Å². The Kier molecular flexibility index (Phi) is 5.67. The molecule has 0 amide bonds. The van der Waals surface area contributed by atoms with E-state index < -0.39 is 24.0 Å². The minimum atomic E-state index is -4.91. The van der Waals surface area contributed by atoms with Crippen LogP contribution in [0.25, 0.3) is 17.1 Å². The Morgan fingerprint density at radius 2 is 1.97 bits per heavy atom. The Balaban J connectivity index is 1.51. The van der Waals surface area contributed by atoms with Crippen molar-refractivity contribution < 1.29 is 31.8 Å². The van der Waals surface area contributed by atoms with Crippen LogP contribution in [0.15, 0.2) is 48.9 Å². The van der Waals surface area contributed by atoms with Crippen LogP contribution in [0.3, 0.4) is 0 Å². The zero-order valence-corrected chi connectivity index (χ0v) is 18.6. The summed E-state index contributed by atoms with van der Waals surface area (Å²) in [6.45, 7) is 2.40. The first-order valence-corrected chi connectivity index (χ1v) is 10.5. The van der Waals surface area contributed by atoms with Crippen molar-refractivity contribution in [3.63, 3.8) is 0 Å². The fourth-order valence-electron chi connectivity index (χ4n) is 3.90. The third-order valence-corrected chi connectivity index (χ3v) is 5.43. The lowest BCUT2D eigenvalue weighted by Gasteiger charge is -2.24. The number of aromatic nitrogens is 5. The van der Waals surface area contributed by atoms with Crippen molar-refractivity contribution in [2.75, 3.05) is 13.7 Å². The Hall–Kier alpha value is -3.93. The van der Waals surface area contributed by atoms with Crippen LogP contribution in [-0.4, -0.2) is 44.4 Å². The molecule has 2 aromatic carbocycles. The molecule has 0 unspecified atom stereocenters. The number of hydrogen-bond acceptors (Lipinski definition) is 6. The summed E-state index contributed by atoms with van der Waals surface area (Å²) in [5.74, 6) is -0.134. The molecule has 5 rings (SSSR count). The smallest absolute Gasteiger partial charge is 0.495 e. The molecule has 2 aromatic heterocycles. The number of benzene rings is 2. The molecule has 0 N–H and O–H groups in total.